The molecule has 0 unspecified atom stereocenters. The zero-order valence-electron chi connectivity index (χ0n) is 9.64. The van der Waals surface area contributed by atoms with Crippen molar-refractivity contribution in [3.05, 3.63) is 47.5 Å². The smallest absolute Gasteiger partial charge is 0.290 e. The Hall–Kier alpha value is -2.37. The summed E-state index contributed by atoms with van der Waals surface area (Å²) in [6.07, 6.45) is 0. The Morgan fingerprint density at radius 3 is 2.78 bits per heavy atom. The summed E-state index contributed by atoms with van der Waals surface area (Å²) in [5, 5.41) is 6.14. The molecule has 1 heterocycles. The predicted octanol–water partition coefficient (Wildman–Crippen LogP) is 1.75. The number of carbonyl (C=O) groups excluding carboxylic acids is 1. The second-order valence-electron chi connectivity index (χ2n) is 3.54. The molecule has 5 nitrogen and oxygen atoms in total. The fourth-order valence-corrected chi connectivity index (χ4v) is 1.33. The molecule has 94 valence electrons. The molecule has 0 atom stereocenters. The first-order valence-electron chi connectivity index (χ1n) is 5.22. The van der Waals surface area contributed by atoms with Crippen LogP contribution in [0.2, 0.25) is 0 Å². The van der Waals surface area contributed by atoms with Crippen LogP contribution < -0.4 is 10.1 Å². The first-order valence-corrected chi connectivity index (χ1v) is 5.22. The Labute approximate surface area is 103 Å². The SMILES string of the molecule is COc1cc(C(=O)NCc2ccc(F)cc2)on1. The van der Waals surface area contributed by atoms with E-state index in [4.69, 9.17) is 9.26 Å². The summed E-state index contributed by atoms with van der Waals surface area (Å²) in [4.78, 5) is 11.6. The summed E-state index contributed by atoms with van der Waals surface area (Å²) < 4.78 is 22.2. The van der Waals surface area contributed by atoms with Gasteiger partial charge in [0, 0.05) is 6.54 Å². The zero-order valence-corrected chi connectivity index (χ0v) is 9.64. The molecule has 0 spiro atoms. The minimum Gasteiger partial charge on any atom is -0.479 e. The lowest BCUT2D eigenvalue weighted by Gasteiger charge is -2.02. The van der Waals surface area contributed by atoms with E-state index in [9.17, 15) is 9.18 Å². The van der Waals surface area contributed by atoms with Gasteiger partial charge in [0.15, 0.2) is 0 Å². The second kappa shape index (κ2) is 5.31. The minimum absolute atomic E-state index is 0.0639. The Bertz CT molecular complexity index is 537. The van der Waals surface area contributed by atoms with Crippen molar-refractivity contribution in [1.29, 1.82) is 0 Å². The molecule has 1 aromatic heterocycles. The number of amides is 1. The monoisotopic (exact) mass is 250 g/mol. The van der Waals surface area contributed by atoms with Crippen molar-refractivity contribution in [2.75, 3.05) is 7.11 Å². The summed E-state index contributed by atoms with van der Waals surface area (Å²) in [6, 6.07) is 7.24. The highest BCUT2D eigenvalue weighted by molar-refractivity contribution is 5.91. The van der Waals surface area contributed by atoms with E-state index < -0.39 is 5.91 Å². The van der Waals surface area contributed by atoms with Crippen LogP contribution in [0, 0.1) is 5.82 Å². The number of methoxy groups -OCH3 is 1. The molecule has 0 saturated carbocycles. The molecule has 1 aromatic carbocycles. The van der Waals surface area contributed by atoms with Crippen molar-refractivity contribution < 1.29 is 18.4 Å². The van der Waals surface area contributed by atoms with Gasteiger partial charge in [-0.25, -0.2) is 4.39 Å². The van der Waals surface area contributed by atoms with Gasteiger partial charge in [-0.1, -0.05) is 12.1 Å². The second-order valence-corrected chi connectivity index (χ2v) is 3.54. The molecular weight excluding hydrogens is 239 g/mol. The molecule has 1 N–H and O–H groups in total. The van der Waals surface area contributed by atoms with Crippen LogP contribution in [0.4, 0.5) is 4.39 Å². The van der Waals surface area contributed by atoms with Gasteiger partial charge in [0.05, 0.1) is 13.2 Å². The molecule has 0 radical (unpaired) electrons. The molecule has 2 aromatic rings. The van der Waals surface area contributed by atoms with E-state index in [1.807, 2.05) is 0 Å². The fraction of sp³-hybridized carbons (Fsp3) is 0.167. The van der Waals surface area contributed by atoms with Crippen LogP contribution in [-0.4, -0.2) is 18.2 Å². The molecule has 0 aliphatic heterocycles. The van der Waals surface area contributed by atoms with Gasteiger partial charge >= 0.3 is 0 Å². The predicted molar refractivity (Wildman–Crippen MR) is 60.6 cm³/mol. The number of carbonyl (C=O) groups is 1. The summed E-state index contributed by atoms with van der Waals surface area (Å²) in [6.45, 7) is 0.280. The lowest BCUT2D eigenvalue weighted by Crippen LogP contribution is -2.22. The molecule has 0 aliphatic rings. The summed E-state index contributed by atoms with van der Waals surface area (Å²) >= 11 is 0. The average Bonchev–Trinajstić information content (AvgIpc) is 2.86. The minimum atomic E-state index is -0.407. The number of benzene rings is 1. The quantitative estimate of drug-likeness (QED) is 0.897. The third-order valence-electron chi connectivity index (χ3n) is 2.29. The first kappa shape index (κ1) is 12.1. The number of hydrogen-bond acceptors (Lipinski definition) is 4. The summed E-state index contributed by atoms with van der Waals surface area (Å²) in [5.74, 6) is -0.420. The maximum atomic E-state index is 12.7. The van der Waals surface area contributed by atoms with Crippen molar-refractivity contribution in [3.8, 4) is 5.88 Å². The van der Waals surface area contributed by atoms with E-state index in [1.54, 1.807) is 12.1 Å². The molecule has 18 heavy (non-hydrogen) atoms. The van der Waals surface area contributed by atoms with E-state index in [-0.39, 0.29) is 24.0 Å². The molecule has 2 rings (SSSR count). The Kier molecular flexibility index (Phi) is 3.57. The van der Waals surface area contributed by atoms with Gasteiger partial charge in [-0.2, -0.15) is 0 Å². The van der Waals surface area contributed by atoms with Crippen LogP contribution in [0.3, 0.4) is 0 Å². The standard InChI is InChI=1S/C12H11FN2O3/c1-17-11-6-10(18-15-11)12(16)14-7-8-2-4-9(13)5-3-8/h2-6H,7H2,1H3,(H,14,16). The van der Waals surface area contributed by atoms with Crippen LogP contribution in [0.5, 0.6) is 5.88 Å². The summed E-state index contributed by atoms with van der Waals surface area (Å²) in [5.41, 5.74) is 0.788. The third kappa shape index (κ3) is 2.85. The van der Waals surface area contributed by atoms with Gasteiger partial charge < -0.3 is 14.6 Å². The van der Waals surface area contributed by atoms with E-state index in [0.717, 1.165) is 5.56 Å². The van der Waals surface area contributed by atoms with Gasteiger partial charge in [0.1, 0.15) is 5.82 Å². The van der Waals surface area contributed by atoms with Gasteiger partial charge in [0.25, 0.3) is 11.8 Å². The number of hydrogen-bond donors (Lipinski definition) is 1. The van der Waals surface area contributed by atoms with E-state index >= 15 is 0 Å². The number of aromatic nitrogens is 1. The van der Waals surface area contributed by atoms with Crippen LogP contribution in [0.15, 0.2) is 34.9 Å². The Balaban J connectivity index is 1.93. The fourth-order valence-electron chi connectivity index (χ4n) is 1.33. The highest BCUT2D eigenvalue weighted by atomic mass is 19.1. The van der Waals surface area contributed by atoms with Crippen molar-refractivity contribution in [2.24, 2.45) is 0 Å². The van der Waals surface area contributed by atoms with E-state index in [0.29, 0.717) is 0 Å². The molecule has 0 saturated heterocycles. The average molecular weight is 250 g/mol. The van der Waals surface area contributed by atoms with Crippen LogP contribution in [0.1, 0.15) is 16.1 Å². The molecule has 6 heteroatoms. The van der Waals surface area contributed by atoms with Gasteiger partial charge in [-0.15, -0.1) is 0 Å². The Morgan fingerprint density at radius 1 is 1.44 bits per heavy atom. The van der Waals surface area contributed by atoms with Crippen LogP contribution >= 0.6 is 0 Å². The third-order valence-corrected chi connectivity index (χ3v) is 2.29. The van der Waals surface area contributed by atoms with E-state index in [2.05, 4.69) is 10.5 Å². The highest BCUT2D eigenvalue weighted by Crippen LogP contribution is 2.10. The molecular formula is C12H11FN2O3. The number of ether oxygens (including phenoxy) is 1. The molecule has 1 amide bonds. The largest absolute Gasteiger partial charge is 0.479 e. The van der Waals surface area contributed by atoms with Crippen molar-refractivity contribution in [1.82, 2.24) is 10.5 Å². The van der Waals surface area contributed by atoms with Crippen molar-refractivity contribution >= 4 is 5.91 Å². The molecule has 0 bridgehead atoms. The lowest BCUT2D eigenvalue weighted by molar-refractivity contribution is 0.0913. The molecule has 0 fully saturated rings. The summed E-state index contributed by atoms with van der Waals surface area (Å²) in [7, 11) is 1.43. The number of nitrogens with one attached hydrogen (secondary N) is 1. The number of nitrogens with zero attached hydrogens (tertiary/aromatic N) is 1. The number of halogens is 1. The topological polar surface area (TPSA) is 64.4 Å². The van der Waals surface area contributed by atoms with Gasteiger partial charge in [-0.3, -0.25) is 4.79 Å². The van der Waals surface area contributed by atoms with E-state index in [1.165, 1.54) is 25.3 Å². The van der Waals surface area contributed by atoms with Crippen molar-refractivity contribution in [3.63, 3.8) is 0 Å². The van der Waals surface area contributed by atoms with Gasteiger partial charge in [-0.05, 0) is 22.9 Å². The maximum Gasteiger partial charge on any atom is 0.290 e. The zero-order chi connectivity index (χ0) is 13.0. The van der Waals surface area contributed by atoms with Crippen LogP contribution in [-0.2, 0) is 6.54 Å². The highest BCUT2D eigenvalue weighted by Gasteiger charge is 2.12. The molecule has 0 aliphatic carbocycles. The van der Waals surface area contributed by atoms with Crippen LogP contribution in [0.25, 0.3) is 0 Å². The normalized spacial score (nSPS) is 10.1. The maximum absolute atomic E-state index is 12.7. The Morgan fingerprint density at radius 2 is 2.17 bits per heavy atom. The number of rotatable bonds is 4. The van der Waals surface area contributed by atoms with Gasteiger partial charge in [0.2, 0.25) is 5.76 Å². The lowest BCUT2D eigenvalue weighted by atomic mass is 10.2. The van der Waals surface area contributed by atoms with Crippen molar-refractivity contribution in [2.45, 2.75) is 6.54 Å². The first-order chi connectivity index (χ1) is 8.69.